The highest BCUT2D eigenvalue weighted by Crippen LogP contribution is 2.21. The Morgan fingerprint density at radius 3 is 2.59 bits per heavy atom. The van der Waals surface area contributed by atoms with E-state index in [1.807, 2.05) is 13.8 Å². The molecule has 0 unspecified atom stereocenters. The van der Waals surface area contributed by atoms with Gasteiger partial charge in [-0.3, -0.25) is 4.68 Å². The summed E-state index contributed by atoms with van der Waals surface area (Å²) in [5.74, 6) is 0. The maximum Gasteiger partial charge on any atom is 0.390 e. The molecule has 0 aliphatic carbocycles. The fourth-order valence-corrected chi connectivity index (χ4v) is 1.90. The smallest absolute Gasteiger partial charge is 0.311 e. The molecule has 1 aromatic heterocycles. The van der Waals surface area contributed by atoms with Crippen LogP contribution in [0.5, 0.6) is 0 Å². The van der Waals surface area contributed by atoms with Crippen LogP contribution < -0.4 is 5.32 Å². The fraction of sp³-hybridized carbons (Fsp3) is 0.700. The lowest BCUT2D eigenvalue weighted by molar-refractivity contribution is -0.133. The van der Waals surface area contributed by atoms with Crippen LogP contribution in [0.3, 0.4) is 0 Å². The average molecular weight is 314 g/mol. The number of nitrogens with one attached hydrogen (secondary N) is 1. The van der Waals surface area contributed by atoms with Gasteiger partial charge in [-0.15, -0.1) is 0 Å². The van der Waals surface area contributed by atoms with Gasteiger partial charge in [-0.05, 0) is 29.8 Å². The first-order valence-electron chi connectivity index (χ1n) is 5.34. The van der Waals surface area contributed by atoms with Crippen LogP contribution in [-0.2, 0) is 13.1 Å². The van der Waals surface area contributed by atoms with E-state index in [0.717, 1.165) is 15.9 Å². The average Bonchev–Trinajstić information content (AvgIpc) is 2.49. The molecule has 1 aromatic rings. The molecule has 3 nitrogen and oxygen atoms in total. The minimum Gasteiger partial charge on any atom is -0.311 e. The van der Waals surface area contributed by atoms with E-state index >= 15 is 0 Å². The third-order valence-electron chi connectivity index (χ3n) is 2.33. The quantitative estimate of drug-likeness (QED) is 0.847. The summed E-state index contributed by atoms with van der Waals surface area (Å²) in [5, 5.41) is 7.04. The van der Waals surface area contributed by atoms with Crippen molar-refractivity contribution in [1.82, 2.24) is 15.1 Å². The third-order valence-corrected chi connectivity index (χ3v) is 3.36. The first kappa shape index (κ1) is 14.5. The molecule has 0 spiro atoms. The maximum absolute atomic E-state index is 11.9. The molecular weight excluding hydrogens is 299 g/mol. The van der Waals surface area contributed by atoms with Gasteiger partial charge in [-0.2, -0.15) is 18.3 Å². The van der Waals surface area contributed by atoms with E-state index in [0.29, 0.717) is 13.1 Å². The number of hydrogen-bond donors (Lipinski definition) is 1. The van der Waals surface area contributed by atoms with Crippen molar-refractivity contribution in [2.24, 2.45) is 0 Å². The lowest BCUT2D eigenvalue weighted by Gasteiger charge is -2.09. The summed E-state index contributed by atoms with van der Waals surface area (Å²) in [6.45, 7) is 4.80. The Labute approximate surface area is 107 Å². The largest absolute Gasteiger partial charge is 0.390 e. The monoisotopic (exact) mass is 313 g/mol. The molecule has 0 saturated carbocycles. The van der Waals surface area contributed by atoms with Crippen molar-refractivity contribution in [3.63, 3.8) is 0 Å². The van der Waals surface area contributed by atoms with E-state index < -0.39 is 12.6 Å². The second kappa shape index (κ2) is 5.86. The summed E-state index contributed by atoms with van der Waals surface area (Å²) in [5.41, 5.74) is 1.73. The molecule has 0 bridgehead atoms. The van der Waals surface area contributed by atoms with E-state index in [4.69, 9.17) is 0 Å². The zero-order chi connectivity index (χ0) is 13.1. The predicted octanol–water partition coefficient (Wildman–Crippen LogP) is 3.02. The van der Waals surface area contributed by atoms with Crippen molar-refractivity contribution in [2.75, 3.05) is 6.54 Å². The molecular formula is C10H15BrF3N3. The Morgan fingerprint density at radius 2 is 2.06 bits per heavy atom. The standard InChI is InChI=1S/C10H15BrF3N3/c1-3-17-8(9(11)7(2)16-17)6-15-5-4-10(12,13)14/h15H,3-6H2,1-2H3. The van der Waals surface area contributed by atoms with Crippen LogP contribution in [0.2, 0.25) is 0 Å². The van der Waals surface area contributed by atoms with Crippen molar-refractivity contribution < 1.29 is 13.2 Å². The van der Waals surface area contributed by atoms with Gasteiger partial charge in [0.2, 0.25) is 0 Å². The Balaban J connectivity index is 2.52. The number of nitrogens with zero attached hydrogens (tertiary/aromatic N) is 2. The van der Waals surface area contributed by atoms with Crippen LogP contribution in [0.4, 0.5) is 13.2 Å². The second-order valence-corrected chi connectivity index (χ2v) is 4.50. The van der Waals surface area contributed by atoms with Gasteiger partial charge in [-0.25, -0.2) is 0 Å². The normalized spacial score (nSPS) is 12.1. The van der Waals surface area contributed by atoms with Gasteiger partial charge in [-0.1, -0.05) is 0 Å². The van der Waals surface area contributed by atoms with E-state index in [-0.39, 0.29) is 6.54 Å². The third kappa shape index (κ3) is 4.31. The van der Waals surface area contributed by atoms with Crippen molar-refractivity contribution in [2.45, 2.75) is 39.5 Å². The number of halogens is 4. The molecule has 17 heavy (non-hydrogen) atoms. The molecule has 1 rings (SSSR count). The minimum absolute atomic E-state index is 0.0795. The summed E-state index contributed by atoms with van der Waals surface area (Å²) in [7, 11) is 0. The SMILES string of the molecule is CCn1nc(C)c(Br)c1CNCCC(F)(F)F. The van der Waals surface area contributed by atoms with Crippen LogP contribution in [0.25, 0.3) is 0 Å². The molecule has 0 aliphatic heterocycles. The molecule has 0 aliphatic rings. The summed E-state index contributed by atoms with van der Waals surface area (Å²) < 4.78 is 38.5. The van der Waals surface area contributed by atoms with Crippen molar-refractivity contribution in [3.8, 4) is 0 Å². The maximum atomic E-state index is 11.9. The van der Waals surface area contributed by atoms with Crippen molar-refractivity contribution in [1.29, 1.82) is 0 Å². The summed E-state index contributed by atoms with van der Waals surface area (Å²) in [6, 6.07) is 0. The van der Waals surface area contributed by atoms with Gasteiger partial charge < -0.3 is 5.32 Å². The zero-order valence-electron chi connectivity index (χ0n) is 9.73. The highest BCUT2D eigenvalue weighted by atomic mass is 79.9. The topological polar surface area (TPSA) is 29.9 Å². The van der Waals surface area contributed by atoms with Crippen molar-refractivity contribution in [3.05, 3.63) is 15.9 Å². The van der Waals surface area contributed by atoms with Gasteiger partial charge in [0.1, 0.15) is 0 Å². The molecule has 0 aromatic carbocycles. The molecule has 0 fully saturated rings. The van der Waals surface area contributed by atoms with E-state index in [9.17, 15) is 13.2 Å². The Kier molecular flexibility index (Phi) is 5.00. The summed E-state index contributed by atoms with van der Waals surface area (Å²) >= 11 is 3.39. The van der Waals surface area contributed by atoms with E-state index in [1.54, 1.807) is 4.68 Å². The molecule has 0 saturated heterocycles. The lowest BCUT2D eigenvalue weighted by atomic mass is 10.3. The fourth-order valence-electron chi connectivity index (χ4n) is 1.47. The van der Waals surface area contributed by atoms with Crippen molar-refractivity contribution >= 4 is 15.9 Å². The summed E-state index contributed by atoms with van der Waals surface area (Å²) in [4.78, 5) is 0. The van der Waals surface area contributed by atoms with Crippen LogP contribution in [0, 0.1) is 6.92 Å². The molecule has 98 valence electrons. The van der Waals surface area contributed by atoms with Crippen LogP contribution in [-0.4, -0.2) is 22.5 Å². The number of alkyl halides is 3. The Morgan fingerprint density at radius 1 is 1.41 bits per heavy atom. The summed E-state index contributed by atoms with van der Waals surface area (Å²) in [6.07, 6.45) is -4.92. The Hall–Kier alpha value is -0.560. The van der Waals surface area contributed by atoms with Gasteiger partial charge in [0.15, 0.2) is 0 Å². The first-order valence-corrected chi connectivity index (χ1v) is 6.13. The lowest BCUT2D eigenvalue weighted by Crippen LogP contribution is -2.22. The second-order valence-electron chi connectivity index (χ2n) is 3.70. The predicted molar refractivity (Wildman–Crippen MR) is 62.7 cm³/mol. The molecule has 0 atom stereocenters. The van der Waals surface area contributed by atoms with Crippen LogP contribution in [0.15, 0.2) is 4.47 Å². The van der Waals surface area contributed by atoms with E-state index in [2.05, 4.69) is 26.3 Å². The number of aryl methyl sites for hydroxylation is 2. The highest BCUT2D eigenvalue weighted by molar-refractivity contribution is 9.10. The number of hydrogen-bond acceptors (Lipinski definition) is 2. The van der Waals surface area contributed by atoms with Gasteiger partial charge in [0, 0.05) is 19.6 Å². The Bertz CT molecular complexity index is 374. The molecule has 0 radical (unpaired) electrons. The van der Waals surface area contributed by atoms with Gasteiger partial charge in [0.05, 0.1) is 22.3 Å². The molecule has 0 amide bonds. The molecule has 7 heteroatoms. The van der Waals surface area contributed by atoms with Crippen LogP contribution >= 0.6 is 15.9 Å². The van der Waals surface area contributed by atoms with Gasteiger partial charge >= 0.3 is 6.18 Å². The number of rotatable bonds is 5. The first-order chi connectivity index (χ1) is 7.85. The highest BCUT2D eigenvalue weighted by Gasteiger charge is 2.26. The van der Waals surface area contributed by atoms with E-state index in [1.165, 1.54) is 0 Å². The molecule has 1 N–H and O–H groups in total. The number of aromatic nitrogens is 2. The van der Waals surface area contributed by atoms with Gasteiger partial charge in [0.25, 0.3) is 0 Å². The zero-order valence-corrected chi connectivity index (χ0v) is 11.3. The molecule has 1 heterocycles. The minimum atomic E-state index is -4.11. The van der Waals surface area contributed by atoms with Crippen LogP contribution in [0.1, 0.15) is 24.7 Å².